The van der Waals surface area contributed by atoms with E-state index in [9.17, 15) is 19.2 Å². The number of hydrogen-bond donors (Lipinski definition) is 4. The lowest BCUT2D eigenvalue weighted by molar-refractivity contribution is -0.118. The Kier molecular flexibility index (Phi) is 6.22. The van der Waals surface area contributed by atoms with Gasteiger partial charge in [-0.25, -0.2) is 0 Å². The number of anilines is 4. The van der Waals surface area contributed by atoms with E-state index in [0.717, 1.165) is 0 Å². The molecule has 0 bridgehead atoms. The SMILES string of the molecule is O=C1CCCC(=O)Nc2c(cccc2Sc2cccc3c2NC(=O)CCCC(=O)N3)N1. The van der Waals surface area contributed by atoms with Crippen LogP contribution in [0.1, 0.15) is 38.5 Å². The summed E-state index contributed by atoms with van der Waals surface area (Å²) in [5, 5.41) is 11.5. The molecule has 2 heterocycles. The third-order valence-corrected chi connectivity index (χ3v) is 6.08. The van der Waals surface area contributed by atoms with Crippen LogP contribution in [0.2, 0.25) is 0 Å². The third kappa shape index (κ3) is 5.05. The van der Waals surface area contributed by atoms with Crippen LogP contribution < -0.4 is 21.3 Å². The van der Waals surface area contributed by atoms with E-state index in [-0.39, 0.29) is 49.3 Å². The average Bonchev–Trinajstić information content (AvgIpc) is 2.83. The molecule has 0 saturated carbocycles. The summed E-state index contributed by atoms with van der Waals surface area (Å²) in [6.07, 6.45) is 2.03. The number of hydrogen-bond acceptors (Lipinski definition) is 5. The number of fused-ring (bicyclic) bond motifs is 2. The number of carbonyl (C=O) groups excluding carboxylic acids is 4. The second kappa shape index (κ2) is 9.22. The number of nitrogens with one attached hydrogen (secondary N) is 4. The Morgan fingerprint density at radius 3 is 1.35 bits per heavy atom. The van der Waals surface area contributed by atoms with E-state index in [1.165, 1.54) is 11.8 Å². The van der Waals surface area contributed by atoms with E-state index >= 15 is 0 Å². The van der Waals surface area contributed by atoms with Gasteiger partial charge >= 0.3 is 0 Å². The maximum Gasteiger partial charge on any atom is 0.224 e. The van der Waals surface area contributed by atoms with Crippen LogP contribution in [0.25, 0.3) is 0 Å². The number of benzene rings is 2. The third-order valence-electron chi connectivity index (χ3n) is 4.96. The van der Waals surface area contributed by atoms with Crippen molar-refractivity contribution in [2.75, 3.05) is 21.3 Å². The first-order valence-electron chi connectivity index (χ1n) is 10.1. The molecule has 8 nitrogen and oxygen atoms in total. The molecule has 4 rings (SSSR count). The Labute approximate surface area is 183 Å². The van der Waals surface area contributed by atoms with Gasteiger partial charge in [0.15, 0.2) is 0 Å². The van der Waals surface area contributed by atoms with Crippen molar-refractivity contribution in [2.24, 2.45) is 0 Å². The van der Waals surface area contributed by atoms with Gasteiger partial charge in [-0.3, -0.25) is 19.2 Å². The second-order valence-corrected chi connectivity index (χ2v) is 8.44. The largest absolute Gasteiger partial charge is 0.324 e. The first-order valence-corrected chi connectivity index (χ1v) is 10.9. The van der Waals surface area contributed by atoms with E-state index in [1.807, 2.05) is 12.1 Å². The predicted octanol–water partition coefficient (Wildman–Crippen LogP) is 3.96. The normalized spacial score (nSPS) is 17.0. The van der Waals surface area contributed by atoms with Gasteiger partial charge in [-0.05, 0) is 37.1 Å². The summed E-state index contributed by atoms with van der Waals surface area (Å²) in [6.45, 7) is 0. The Hall–Kier alpha value is -3.33. The van der Waals surface area contributed by atoms with Gasteiger partial charge in [0.2, 0.25) is 23.6 Å². The highest BCUT2D eigenvalue weighted by atomic mass is 32.2. The van der Waals surface area contributed by atoms with Crippen LogP contribution in [0.5, 0.6) is 0 Å². The van der Waals surface area contributed by atoms with E-state index in [2.05, 4.69) is 21.3 Å². The average molecular weight is 439 g/mol. The van der Waals surface area contributed by atoms with Gasteiger partial charge in [0.05, 0.1) is 22.7 Å². The molecule has 0 aromatic heterocycles. The second-order valence-electron chi connectivity index (χ2n) is 7.36. The monoisotopic (exact) mass is 438 g/mol. The van der Waals surface area contributed by atoms with Crippen molar-refractivity contribution >= 4 is 58.1 Å². The molecule has 9 heteroatoms. The summed E-state index contributed by atoms with van der Waals surface area (Å²) in [4.78, 5) is 50.4. The molecule has 2 aliphatic heterocycles. The summed E-state index contributed by atoms with van der Waals surface area (Å²) in [5.74, 6) is -0.607. The fourth-order valence-corrected chi connectivity index (χ4v) is 4.52. The molecular weight excluding hydrogens is 416 g/mol. The predicted molar refractivity (Wildman–Crippen MR) is 119 cm³/mol. The van der Waals surface area contributed by atoms with E-state index in [4.69, 9.17) is 0 Å². The van der Waals surface area contributed by atoms with Gasteiger partial charge in [-0.15, -0.1) is 0 Å². The van der Waals surface area contributed by atoms with Crippen molar-refractivity contribution < 1.29 is 19.2 Å². The van der Waals surface area contributed by atoms with Crippen LogP contribution in [0.15, 0.2) is 46.2 Å². The molecule has 0 fully saturated rings. The minimum absolute atomic E-state index is 0.143. The maximum atomic E-state index is 12.3. The first kappa shape index (κ1) is 20.9. The van der Waals surface area contributed by atoms with Crippen molar-refractivity contribution in [3.05, 3.63) is 36.4 Å². The highest BCUT2D eigenvalue weighted by Crippen LogP contribution is 2.43. The molecular formula is C22H22N4O4S. The molecule has 0 aliphatic carbocycles. The number of carbonyl (C=O) groups is 4. The van der Waals surface area contributed by atoms with Crippen molar-refractivity contribution in [2.45, 2.75) is 48.3 Å². The summed E-state index contributed by atoms with van der Waals surface area (Å²) in [6, 6.07) is 10.7. The Morgan fingerprint density at radius 1 is 0.548 bits per heavy atom. The van der Waals surface area contributed by atoms with Crippen LogP contribution >= 0.6 is 11.8 Å². The van der Waals surface area contributed by atoms with Gasteiger partial charge in [-0.1, -0.05) is 23.9 Å². The Morgan fingerprint density at radius 2 is 0.935 bits per heavy atom. The van der Waals surface area contributed by atoms with Gasteiger partial charge in [0.25, 0.3) is 0 Å². The van der Waals surface area contributed by atoms with Crippen LogP contribution in [0.3, 0.4) is 0 Å². The zero-order chi connectivity index (χ0) is 21.8. The van der Waals surface area contributed by atoms with Gasteiger partial charge < -0.3 is 21.3 Å². The van der Waals surface area contributed by atoms with Gasteiger partial charge in [-0.2, -0.15) is 0 Å². The number of rotatable bonds is 2. The maximum absolute atomic E-state index is 12.3. The molecule has 160 valence electrons. The molecule has 2 aliphatic rings. The quantitative estimate of drug-likeness (QED) is 0.566. The molecule has 4 N–H and O–H groups in total. The van der Waals surface area contributed by atoms with Crippen LogP contribution in [0, 0.1) is 0 Å². The molecule has 0 radical (unpaired) electrons. The highest BCUT2D eigenvalue weighted by Gasteiger charge is 2.21. The molecule has 0 atom stereocenters. The van der Waals surface area contributed by atoms with Crippen molar-refractivity contribution in [1.29, 1.82) is 0 Å². The van der Waals surface area contributed by atoms with Crippen LogP contribution in [0.4, 0.5) is 22.7 Å². The lowest BCUT2D eigenvalue weighted by atomic mass is 10.2. The van der Waals surface area contributed by atoms with Crippen LogP contribution in [-0.4, -0.2) is 23.6 Å². The Balaban J connectivity index is 1.73. The van der Waals surface area contributed by atoms with E-state index in [1.54, 1.807) is 24.3 Å². The van der Waals surface area contributed by atoms with Crippen molar-refractivity contribution in [1.82, 2.24) is 0 Å². The van der Waals surface area contributed by atoms with Gasteiger partial charge in [0, 0.05) is 35.5 Å². The molecule has 2 aromatic rings. The number of amides is 4. The fraction of sp³-hybridized carbons (Fsp3) is 0.273. The highest BCUT2D eigenvalue weighted by molar-refractivity contribution is 7.99. The molecule has 2 aromatic carbocycles. The zero-order valence-corrected chi connectivity index (χ0v) is 17.6. The van der Waals surface area contributed by atoms with Crippen molar-refractivity contribution in [3.63, 3.8) is 0 Å². The Bertz CT molecular complexity index is 986. The molecule has 4 amide bonds. The lowest BCUT2D eigenvalue weighted by Gasteiger charge is -2.18. The first-order chi connectivity index (χ1) is 15.0. The smallest absolute Gasteiger partial charge is 0.224 e. The zero-order valence-electron chi connectivity index (χ0n) is 16.7. The summed E-state index contributed by atoms with van der Waals surface area (Å²) in [7, 11) is 0. The van der Waals surface area contributed by atoms with E-state index in [0.29, 0.717) is 45.4 Å². The minimum Gasteiger partial charge on any atom is -0.324 e. The summed E-state index contributed by atoms with van der Waals surface area (Å²) < 4.78 is 0. The van der Waals surface area contributed by atoms with E-state index < -0.39 is 0 Å². The summed E-state index contributed by atoms with van der Waals surface area (Å²) >= 11 is 1.34. The standard InChI is InChI=1S/C22H22N4O4S/c27-17-9-3-11-19(29)25-21-13(23-17)5-1-7-15(21)31-16-8-2-6-14-22(16)26-20(30)12-4-10-18(28)24-14/h1-2,5-8H,3-4,9-12H2,(H,23,27)(H,24,28)(H,25,29)(H,26,30). The van der Waals surface area contributed by atoms with Gasteiger partial charge in [0.1, 0.15) is 0 Å². The lowest BCUT2D eigenvalue weighted by Crippen LogP contribution is -2.14. The van der Waals surface area contributed by atoms with Crippen molar-refractivity contribution in [3.8, 4) is 0 Å². The molecule has 0 unspecified atom stereocenters. The minimum atomic E-state index is -0.161. The fourth-order valence-electron chi connectivity index (χ4n) is 3.47. The summed E-state index contributed by atoms with van der Waals surface area (Å²) in [5.41, 5.74) is 2.09. The van der Waals surface area contributed by atoms with Crippen LogP contribution in [-0.2, 0) is 19.2 Å². The molecule has 0 spiro atoms. The molecule has 31 heavy (non-hydrogen) atoms. The topological polar surface area (TPSA) is 116 Å². The number of para-hydroxylation sites is 2. The molecule has 0 saturated heterocycles.